The number of benzene rings is 3. The van der Waals surface area contributed by atoms with Crippen LogP contribution in [0.1, 0.15) is 36.0 Å². The van der Waals surface area contributed by atoms with Gasteiger partial charge in [-0.2, -0.15) is 25.3 Å². The average molecular weight is 854 g/mol. The molecule has 0 fully saturated rings. The van der Waals surface area contributed by atoms with Gasteiger partial charge < -0.3 is 19.6 Å². The van der Waals surface area contributed by atoms with Crippen molar-refractivity contribution in [3.8, 4) is 0 Å². The SMILES string of the molecule is CN(C)CCO.C[N+](C)(CCO)CCC[18F].Cc1ccc(S(=O)(=O)OCCCOS(=O)(=O)c2ccc(C)cc2)cc1.Cc1ccc(S(=O)(=O)OCCC[18F])cc1. The van der Waals surface area contributed by atoms with E-state index in [-0.39, 0.29) is 67.2 Å². The standard InChI is InChI=1S/C17H20O6S2.C10H13FO3S.C7H17FNO.C4H11NO/c1-14-4-8-16(9-5-14)24(18,19)22-12-3-13-23-25(20,21)17-10-6-15(2)7-11-17;1-9-3-5-10(6-4-9)15(12,13)14-8-2-7-11;1-9(2,6-7-10)5-3-4-8;1-5(2)3-4-6/h4-11H,3,12-13H2,1-2H3;3-6H,2,7-8H2,1H3;10H,3-7H2,1-2H3;6H,3-4H2,1-2H3/q;;+1;/i;11-1;8-1;. The number of halogens is 2. The van der Waals surface area contributed by atoms with E-state index in [0.717, 1.165) is 29.8 Å². The van der Waals surface area contributed by atoms with Crippen LogP contribution in [-0.4, -0.2) is 139 Å². The number of nitrogens with zero attached hydrogens (tertiary/aromatic N) is 2. The van der Waals surface area contributed by atoms with Crippen molar-refractivity contribution < 1.29 is 61.3 Å². The van der Waals surface area contributed by atoms with Gasteiger partial charge in [-0.15, -0.1) is 0 Å². The van der Waals surface area contributed by atoms with Crippen molar-refractivity contribution in [3.05, 3.63) is 89.5 Å². The van der Waals surface area contributed by atoms with Crippen molar-refractivity contribution in [2.24, 2.45) is 0 Å². The molecule has 0 bridgehead atoms. The van der Waals surface area contributed by atoms with Crippen molar-refractivity contribution >= 4 is 30.4 Å². The minimum Gasteiger partial charge on any atom is -0.395 e. The summed E-state index contributed by atoms with van der Waals surface area (Å²) in [6.07, 6.45) is 0.800. The van der Waals surface area contributed by atoms with Gasteiger partial charge in [0.1, 0.15) is 6.54 Å². The summed E-state index contributed by atoms with van der Waals surface area (Å²) in [7, 11) is -3.59. The second-order valence-corrected chi connectivity index (χ2v) is 18.2. The van der Waals surface area contributed by atoms with E-state index in [2.05, 4.69) is 4.18 Å². The van der Waals surface area contributed by atoms with Gasteiger partial charge in [-0.05, 0) is 77.7 Å². The third kappa shape index (κ3) is 24.0. The molecule has 0 saturated heterocycles. The van der Waals surface area contributed by atoms with Crippen LogP contribution >= 0.6 is 0 Å². The molecule has 0 aliphatic rings. The van der Waals surface area contributed by atoms with Crippen LogP contribution in [0.15, 0.2) is 87.5 Å². The normalized spacial score (nSPS) is 11.8. The highest BCUT2D eigenvalue weighted by Gasteiger charge is 2.17. The summed E-state index contributed by atoms with van der Waals surface area (Å²) in [6, 6.07) is 18.9. The van der Waals surface area contributed by atoms with E-state index in [1.807, 2.05) is 53.9 Å². The molecule has 13 nitrogen and oxygen atoms in total. The van der Waals surface area contributed by atoms with Crippen molar-refractivity contribution in [3.63, 3.8) is 0 Å². The molecule has 2 N–H and O–H groups in total. The van der Waals surface area contributed by atoms with E-state index in [0.29, 0.717) is 17.4 Å². The molecule has 0 aliphatic carbocycles. The number of aliphatic hydroxyl groups excluding tert-OH is 2. The Morgan fingerprint density at radius 1 is 0.536 bits per heavy atom. The summed E-state index contributed by atoms with van der Waals surface area (Å²) in [5, 5.41) is 16.8. The molecule has 0 aromatic heterocycles. The van der Waals surface area contributed by atoms with E-state index in [9.17, 15) is 34.0 Å². The zero-order valence-electron chi connectivity index (χ0n) is 33.6. The molecule has 320 valence electrons. The van der Waals surface area contributed by atoms with Gasteiger partial charge in [0.25, 0.3) is 30.4 Å². The molecule has 18 heteroatoms. The molecule has 3 rings (SSSR count). The zero-order valence-corrected chi connectivity index (χ0v) is 36.0. The predicted molar refractivity (Wildman–Crippen MR) is 213 cm³/mol. The van der Waals surface area contributed by atoms with Gasteiger partial charge in [0.15, 0.2) is 0 Å². The van der Waals surface area contributed by atoms with Crippen LogP contribution in [0.2, 0.25) is 0 Å². The largest absolute Gasteiger partial charge is 0.395 e. The van der Waals surface area contributed by atoms with Crippen LogP contribution in [0.5, 0.6) is 0 Å². The molecule has 0 radical (unpaired) electrons. The number of alkyl halides is 2. The van der Waals surface area contributed by atoms with Crippen LogP contribution in [0.3, 0.4) is 0 Å². The minimum absolute atomic E-state index is 0.0614. The molecular formula is C38H61F2N2O11S3+. The second-order valence-electron chi connectivity index (χ2n) is 13.3. The first-order chi connectivity index (χ1) is 26.2. The van der Waals surface area contributed by atoms with Gasteiger partial charge in [0.2, 0.25) is 0 Å². The minimum atomic E-state index is -3.85. The Morgan fingerprint density at radius 3 is 1.11 bits per heavy atom. The predicted octanol–water partition coefficient (Wildman–Crippen LogP) is 4.82. The number of hydrogen-bond donors (Lipinski definition) is 2. The van der Waals surface area contributed by atoms with Gasteiger partial charge in [0, 0.05) is 19.4 Å². The van der Waals surface area contributed by atoms with Gasteiger partial charge >= 0.3 is 0 Å². The van der Waals surface area contributed by atoms with Crippen LogP contribution in [0.4, 0.5) is 8.78 Å². The fourth-order valence-corrected chi connectivity index (χ4v) is 6.84. The maximum absolute atomic E-state index is 12.0. The van der Waals surface area contributed by atoms with Crippen LogP contribution < -0.4 is 0 Å². The fraction of sp³-hybridized carbons (Fsp3) is 0.526. The molecule has 56 heavy (non-hydrogen) atoms. The van der Waals surface area contributed by atoms with E-state index in [1.54, 1.807) is 36.4 Å². The smallest absolute Gasteiger partial charge is 0.296 e. The lowest BCUT2D eigenvalue weighted by Gasteiger charge is -2.28. The summed E-state index contributed by atoms with van der Waals surface area (Å²) in [4.78, 5) is 2.16. The number of aliphatic hydroxyl groups is 2. The summed E-state index contributed by atoms with van der Waals surface area (Å²) in [5.74, 6) is 0. The van der Waals surface area contributed by atoms with Crippen molar-refractivity contribution in [2.75, 3.05) is 94.2 Å². The second kappa shape index (κ2) is 27.7. The topological polar surface area (TPSA) is 174 Å². The highest BCUT2D eigenvalue weighted by atomic mass is 32.2. The Hall–Kier alpha value is -2.91. The molecular weight excluding hydrogens is 793 g/mol. The first-order valence-electron chi connectivity index (χ1n) is 17.8. The fourth-order valence-electron chi connectivity index (χ4n) is 4.01. The number of likely N-dealkylation sites (N-methyl/N-ethyl adjacent to an activating group) is 2. The van der Waals surface area contributed by atoms with Crippen LogP contribution in [0, 0.1) is 20.8 Å². The number of quaternary nitrogens is 1. The molecule has 0 amide bonds. The van der Waals surface area contributed by atoms with Gasteiger partial charge in [-0.1, -0.05) is 53.1 Å². The number of hydrogen-bond acceptors (Lipinski definition) is 12. The lowest BCUT2D eigenvalue weighted by Crippen LogP contribution is -2.42. The highest BCUT2D eigenvalue weighted by Crippen LogP contribution is 2.16. The molecule has 0 saturated carbocycles. The number of rotatable bonds is 20. The Balaban J connectivity index is 0.000000825. The first-order valence-corrected chi connectivity index (χ1v) is 22.1. The Morgan fingerprint density at radius 2 is 0.857 bits per heavy atom. The lowest BCUT2D eigenvalue weighted by molar-refractivity contribution is -0.890. The third-order valence-electron chi connectivity index (χ3n) is 7.36. The molecule has 0 unspecified atom stereocenters. The van der Waals surface area contributed by atoms with E-state index >= 15 is 0 Å². The Kier molecular flexibility index (Phi) is 26.2. The summed E-state index contributed by atoms with van der Waals surface area (Å²) in [5.41, 5.74) is 2.85. The Labute approximate surface area is 333 Å². The maximum atomic E-state index is 12.0. The monoisotopic (exact) mass is 853 g/mol. The van der Waals surface area contributed by atoms with E-state index in [4.69, 9.17) is 18.6 Å². The van der Waals surface area contributed by atoms with Crippen molar-refractivity contribution in [1.82, 2.24) is 4.90 Å². The van der Waals surface area contributed by atoms with Crippen LogP contribution in [-0.2, 0) is 42.9 Å². The van der Waals surface area contributed by atoms with Gasteiger partial charge in [-0.3, -0.25) is 21.3 Å². The van der Waals surface area contributed by atoms with E-state index in [1.165, 1.54) is 36.4 Å². The molecule has 0 aliphatic heterocycles. The zero-order chi connectivity index (χ0) is 42.8. The molecule has 0 spiro atoms. The number of aryl methyl sites for hydroxylation is 3. The summed E-state index contributed by atoms with van der Waals surface area (Å²) in [6.45, 7) is 6.98. The molecule has 0 heterocycles. The molecule has 0 atom stereocenters. The van der Waals surface area contributed by atoms with E-state index < -0.39 is 37.0 Å². The first kappa shape index (κ1) is 53.1. The molecule has 3 aromatic carbocycles. The van der Waals surface area contributed by atoms with Crippen molar-refractivity contribution in [2.45, 2.75) is 54.7 Å². The lowest BCUT2D eigenvalue weighted by atomic mass is 10.2. The third-order valence-corrected chi connectivity index (χ3v) is 11.3. The summed E-state index contributed by atoms with van der Waals surface area (Å²) < 4.78 is 109. The van der Waals surface area contributed by atoms with Gasteiger partial charge in [0.05, 0.1) is 81.7 Å². The van der Waals surface area contributed by atoms with Crippen LogP contribution in [0.25, 0.3) is 0 Å². The highest BCUT2D eigenvalue weighted by molar-refractivity contribution is 7.87. The summed E-state index contributed by atoms with van der Waals surface area (Å²) >= 11 is 0. The molecule has 3 aromatic rings. The van der Waals surface area contributed by atoms with Gasteiger partial charge in [-0.25, -0.2) is 0 Å². The maximum Gasteiger partial charge on any atom is 0.296 e. The quantitative estimate of drug-likeness (QED) is 0.0903. The Bertz CT molecular complexity index is 1730. The average Bonchev–Trinajstić information content (AvgIpc) is 3.12. The van der Waals surface area contributed by atoms with Crippen molar-refractivity contribution in [1.29, 1.82) is 0 Å².